The van der Waals surface area contributed by atoms with E-state index in [1.807, 2.05) is 6.92 Å². The van der Waals surface area contributed by atoms with Crippen molar-refractivity contribution in [2.75, 3.05) is 13.1 Å². The molecule has 2 rings (SSSR count). The number of nitrogens with zero attached hydrogens (tertiary/aromatic N) is 1. The van der Waals surface area contributed by atoms with E-state index in [4.69, 9.17) is 5.73 Å². The number of hydrogen-bond acceptors (Lipinski definition) is 3. The normalized spacial score (nSPS) is 29.7. The fraction of sp³-hybridized carbons (Fsp3) is 0.875. The van der Waals surface area contributed by atoms with Gasteiger partial charge in [0.05, 0.1) is 5.41 Å². The van der Waals surface area contributed by atoms with Crippen molar-refractivity contribution in [3.05, 3.63) is 0 Å². The van der Waals surface area contributed by atoms with Crippen LogP contribution in [0.4, 0.5) is 0 Å². The monoisotopic (exact) mass is 296 g/mol. The van der Waals surface area contributed by atoms with E-state index in [1.165, 1.54) is 0 Å². The van der Waals surface area contributed by atoms with Crippen LogP contribution in [-0.2, 0) is 9.59 Å². The van der Waals surface area contributed by atoms with Gasteiger partial charge in [-0.3, -0.25) is 4.79 Å². The fourth-order valence-corrected chi connectivity index (χ4v) is 4.01. The zero-order valence-electron chi connectivity index (χ0n) is 13.0. The zero-order valence-corrected chi connectivity index (χ0v) is 13.0. The lowest BCUT2D eigenvalue weighted by atomic mass is 9.77. The van der Waals surface area contributed by atoms with Crippen molar-refractivity contribution in [3.8, 4) is 0 Å². The summed E-state index contributed by atoms with van der Waals surface area (Å²) in [6.45, 7) is 2.82. The Labute approximate surface area is 126 Å². The predicted octanol–water partition coefficient (Wildman–Crippen LogP) is 2.00. The molecule has 21 heavy (non-hydrogen) atoms. The van der Waals surface area contributed by atoms with Gasteiger partial charge in [0.25, 0.3) is 0 Å². The summed E-state index contributed by atoms with van der Waals surface area (Å²) in [7, 11) is 0. The number of likely N-dealkylation sites (tertiary alicyclic amines) is 1. The van der Waals surface area contributed by atoms with Gasteiger partial charge in [-0.1, -0.05) is 32.6 Å². The number of carbonyl (C=O) groups excluding carboxylic acids is 1. The molecule has 3 N–H and O–H groups in total. The highest BCUT2D eigenvalue weighted by Gasteiger charge is 2.45. The van der Waals surface area contributed by atoms with E-state index in [2.05, 4.69) is 0 Å². The summed E-state index contributed by atoms with van der Waals surface area (Å²) in [6.07, 6.45) is 7.70. The molecule has 2 aliphatic rings. The molecule has 5 heteroatoms. The number of carbonyl (C=O) groups is 2. The molecule has 1 aliphatic heterocycles. The minimum absolute atomic E-state index is 0.00847. The molecule has 0 bridgehead atoms. The van der Waals surface area contributed by atoms with E-state index in [0.29, 0.717) is 13.1 Å². The number of rotatable bonds is 3. The first-order valence-electron chi connectivity index (χ1n) is 8.26. The van der Waals surface area contributed by atoms with Gasteiger partial charge in [-0.15, -0.1) is 0 Å². The molecule has 2 atom stereocenters. The zero-order chi connectivity index (χ0) is 15.5. The van der Waals surface area contributed by atoms with Gasteiger partial charge in [0.2, 0.25) is 5.91 Å². The predicted molar refractivity (Wildman–Crippen MR) is 80.7 cm³/mol. The van der Waals surface area contributed by atoms with Crippen LogP contribution >= 0.6 is 0 Å². The Morgan fingerprint density at radius 2 is 1.81 bits per heavy atom. The lowest BCUT2D eigenvalue weighted by molar-refractivity contribution is -0.160. The Hall–Kier alpha value is -1.10. The minimum atomic E-state index is -0.878. The van der Waals surface area contributed by atoms with Crippen LogP contribution in [0.3, 0.4) is 0 Å². The number of carboxylic acid groups (broad SMARTS) is 1. The third kappa shape index (κ3) is 3.23. The molecule has 0 aromatic heterocycles. The van der Waals surface area contributed by atoms with Crippen LogP contribution in [0.15, 0.2) is 0 Å². The van der Waals surface area contributed by atoms with Crippen LogP contribution in [0, 0.1) is 11.3 Å². The van der Waals surface area contributed by atoms with Crippen LogP contribution in [0.5, 0.6) is 0 Å². The van der Waals surface area contributed by atoms with E-state index in [1.54, 1.807) is 4.90 Å². The number of carboxylic acids is 1. The maximum absolute atomic E-state index is 13.1. The minimum Gasteiger partial charge on any atom is -0.480 e. The standard InChI is InChI=1S/C16H28N2O3/c1-12-7-6-10-18(13(12)14(19)20)15(21)16(11-17)8-4-2-3-5-9-16/h12-13H,2-11,17H2,1H3,(H,19,20). The lowest BCUT2D eigenvalue weighted by Crippen LogP contribution is -2.57. The Morgan fingerprint density at radius 1 is 1.19 bits per heavy atom. The van der Waals surface area contributed by atoms with Gasteiger partial charge < -0.3 is 15.7 Å². The summed E-state index contributed by atoms with van der Waals surface area (Å²) in [6, 6.07) is -0.682. The summed E-state index contributed by atoms with van der Waals surface area (Å²) in [5.74, 6) is -0.872. The lowest BCUT2D eigenvalue weighted by Gasteiger charge is -2.43. The highest BCUT2D eigenvalue weighted by atomic mass is 16.4. The molecule has 1 saturated heterocycles. The van der Waals surface area contributed by atoms with Gasteiger partial charge in [0, 0.05) is 13.1 Å². The highest BCUT2D eigenvalue weighted by molar-refractivity contribution is 5.88. The highest BCUT2D eigenvalue weighted by Crippen LogP contribution is 2.38. The van der Waals surface area contributed by atoms with Crippen molar-refractivity contribution in [2.24, 2.45) is 17.1 Å². The maximum Gasteiger partial charge on any atom is 0.326 e. The van der Waals surface area contributed by atoms with Crippen molar-refractivity contribution in [2.45, 2.75) is 64.3 Å². The number of piperidine rings is 1. The molecule has 1 saturated carbocycles. The Morgan fingerprint density at radius 3 is 2.33 bits per heavy atom. The fourth-order valence-electron chi connectivity index (χ4n) is 4.01. The van der Waals surface area contributed by atoms with Crippen LogP contribution < -0.4 is 5.73 Å². The van der Waals surface area contributed by atoms with Gasteiger partial charge >= 0.3 is 5.97 Å². The summed E-state index contributed by atoms with van der Waals surface area (Å²) >= 11 is 0. The van der Waals surface area contributed by atoms with Crippen molar-refractivity contribution < 1.29 is 14.7 Å². The molecule has 0 aromatic rings. The average Bonchev–Trinajstić information content (AvgIpc) is 2.72. The number of hydrogen-bond donors (Lipinski definition) is 2. The number of nitrogens with two attached hydrogens (primary N) is 1. The van der Waals surface area contributed by atoms with Gasteiger partial charge in [-0.25, -0.2) is 4.79 Å². The number of aliphatic carboxylic acids is 1. The SMILES string of the molecule is CC1CCCN(C(=O)C2(CN)CCCCCC2)C1C(=O)O. The summed E-state index contributed by atoms with van der Waals surface area (Å²) in [4.78, 5) is 26.3. The first-order chi connectivity index (χ1) is 10.0. The van der Waals surface area contributed by atoms with E-state index in [9.17, 15) is 14.7 Å². The smallest absolute Gasteiger partial charge is 0.326 e. The molecule has 1 amide bonds. The second-order valence-corrected chi connectivity index (χ2v) is 6.80. The Balaban J connectivity index is 2.24. The van der Waals surface area contributed by atoms with E-state index < -0.39 is 17.4 Å². The number of amides is 1. The maximum atomic E-state index is 13.1. The Bertz CT molecular complexity index is 389. The molecule has 0 radical (unpaired) electrons. The Kier molecular flexibility index (Phi) is 5.25. The average molecular weight is 296 g/mol. The quantitative estimate of drug-likeness (QED) is 0.780. The molecule has 5 nitrogen and oxygen atoms in total. The first kappa shape index (κ1) is 16.3. The van der Waals surface area contributed by atoms with Crippen LogP contribution in [0.2, 0.25) is 0 Å². The van der Waals surface area contributed by atoms with Gasteiger partial charge in [-0.2, -0.15) is 0 Å². The van der Waals surface area contributed by atoms with E-state index in [0.717, 1.165) is 51.4 Å². The molecular weight excluding hydrogens is 268 g/mol. The van der Waals surface area contributed by atoms with Crippen LogP contribution in [-0.4, -0.2) is 41.0 Å². The molecule has 1 heterocycles. The molecule has 0 spiro atoms. The van der Waals surface area contributed by atoms with Crippen molar-refractivity contribution in [1.82, 2.24) is 4.90 Å². The second-order valence-electron chi connectivity index (χ2n) is 6.80. The van der Waals surface area contributed by atoms with E-state index in [-0.39, 0.29) is 11.8 Å². The van der Waals surface area contributed by atoms with E-state index >= 15 is 0 Å². The molecule has 2 fully saturated rings. The van der Waals surface area contributed by atoms with Crippen LogP contribution in [0.25, 0.3) is 0 Å². The van der Waals surface area contributed by atoms with Crippen LogP contribution in [0.1, 0.15) is 58.3 Å². The third-order valence-corrected chi connectivity index (χ3v) is 5.35. The molecule has 120 valence electrons. The summed E-state index contributed by atoms with van der Waals surface area (Å²) in [5, 5.41) is 9.51. The van der Waals surface area contributed by atoms with Crippen molar-refractivity contribution in [1.29, 1.82) is 0 Å². The first-order valence-corrected chi connectivity index (χ1v) is 8.26. The van der Waals surface area contributed by atoms with Gasteiger partial charge in [0.15, 0.2) is 0 Å². The third-order valence-electron chi connectivity index (χ3n) is 5.35. The van der Waals surface area contributed by atoms with Gasteiger partial charge in [0.1, 0.15) is 6.04 Å². The largest absolute Gasteiger partial charge is 0.480 e. The molecular formula is C16H28N2O3. The summed E-state index contributed by atoms with van der Waals surface area (Å²) in [5.41, 5.74) is 5.45. The molecule has 1 aliphatic carbocycles. The van der Waals surface area contributed by atoms with Crippen molar-refractivity contribution >= 4 is 11.9 Å². The second kappa shape index (κ2) is 6.77. The topological polar surface area (TPSA) is 83.6 Å². The van der Waals surface area contributed by atoms with Crippen molar-refractivity contribution in [3.63, 3.8) is 0 Å². The summed E-state index contributed by atoms with van der Waals surface area (Å²) < 4.78 is 0. The molecule has 2 unspecified atom stereocenters. The molecule has 0 aromatic carbocycles. The van der Waals surface area contributed by atoms with Gasteiger partial charge in [-0.05, 0) is 31.6 Å².